The lowest BCUT2D eigenvalue weighted by Gasteiger charge is -2.20. The Balaban J connectivity index is 1.63. The standard InChI is InChI=1S/C20H29N5O2/c1-4-27-19-8-5-7-16(11-19)14-24-9-6-10-25-18(15-24)12-17(22-25)13-21-20(26)23(2)3/h5,7-8,11-12H,4,6,9-10,13-15H2,1-3H3,(H,21,26). The number of ether oxygens (including phenoxy) is 1. The first-order valence-electron chi connectivity index (χ1n) is 9.50. The van der Waals surface area contributed by atoms with E-state index in [1.807, 2.05) is 19.1 Å². The fourth-order valence-electron chi connectivity index (χ4n) is 3.29. The molecule has 7 heteroatoms. The normalized spacial score (nSPS) is 14.3. The van der Waals surface area contributed by atoms with Gasteiger partial charge in [0, 0.05) is 40.3 Å². The van der Waals surface area contributed by atoms with Crippen molar-refractivity contribution in [3.05, 3.63) is 47.3 Å². The zero-order valence-electron chi connectivity index (χ0n) is 16.4. The van der Waals surface area contributed by atoms with Gasteiger partial charge in [-0.15, -0.1) is 0 Å². The van der Waals surface area contributed by atoms with Crippen LogP contribution in [-0.2, 0) is 26.2 Å². The predicted molar refractivity (Wildman–Crippen MR) is 104 cm³/mol. The van der Waals surface area contributed by atoms with E-state index >= 15 is 0 Å². The van der Waals surface area contributed by atoms with Gasteiger partial charge in [-0.1, -0.05) is 12.1 Å². The van der Waals surface area contributed by atoms with Gasteiger partial charge in [0.25, 0.3) is 0 Å². The number of hydrogen-bond donors (Lipinski definition) is 1. The number of aromatic nitrogens is 2. The first-order valence-corrected chi connectivity index (χ1v) is 9.50. The van der Waals surface area contributed by atoms with Gasteiger partial charge in [-0.05, 0) is 37.1 Å². The minimum Gasteiger partial charge on any atom is -0.494 e. The van der Waals surface area contributed by atoms with Crippen molar-refractivity contribution in [3.63, 3.8) is 0 Å². The highest BCUT2D eigenvalue weighted by Crippen LogP contribution is 2.19. The number of hydrogen-bond acceptors (Lipinski definition) is 4. The number of benzene rings is 1. The third-order valence-electron chi connectivity index (χ3n) is 4.59. The first-order chi connectivity index (χ1) is 13.0. The van der Waals surface area contributed by atoms with Crippen LogP contribution in [0.3, 0.4) is 0 Å². The molecule has 1 aromatic heterocycles. The minimum atomic E-state index is -0.103. The van der Waals surface area contributed by atoms with Crippen LogP contribution in [0.4, 0.5) is 4.79 Å². The Morgan fingerprint density at radius 2 is 2.15 bits per heavy atom. The van der Waals surface area contributed by atoms with Crippen molar-refractivity contribution in [2.24, 2.45) is 0 Å². The zero-order chi connectivity index (χ0) is 19.2. The van der Waals surface area contributed by atoms with Crippen molar-refractivity contribution < 1.29 is 9.53 Å². The summed E-state index contributed by atoms with van der Waals surface area (Å²) in [6.07, 6.45) is 1.06. The van der Waals surface area contributed by atoms with Crippen LogP contribution in [0.1, 0.15) is 30.3 Å². The number of carbonyl (C=O) groups excluding carboxylic acids is 1. The second-order valence-electron chi connectivity index (χ2n) is 7.05. The molecule has 27 heavy (non-hydrogen) atoms. The Morgan fingerprint density at radius 1 is 1.30 bits per heavy atom. The number of rotatable bonds is 6. The Labute approximate surface area is 160 Å². The van der Waals surface area contributed by atoms with Crippen molar-refractivity contribution in [1.82, 2.24) is 24.9 Å². The molecule has 0 saturated heterocycles. The number of carbonyl (C=O) groups is 1. The van der Waals surface area contributed by atoms with Crippen molar-refractivity contribution in [3.8, 4) is 5.75 Å². The summed E-state index contributed by atoms with van der Waals surface area (Å²) < 4.78 is 7.69. The lowest BCUT2D eigenvalue weighted by Crippen LogP contribution is -2.34. The summed E-state index contributed by atoms with van der Waals surface area (Å²) in [6.45, 7) is 6.82. The van der Waals surface area contributed by atoms with Gasteiger partial charge in [0.2, 0.25) is 0 Å². The number of aryl methyl sites for hydroxylation is 1. The number of nitrogens with zero attached hydrogens (tertiary/aromatic N) is 4. The molecule has 0 spiro atoms. The molecule has 146 valence electrons. The van der Waals surface area contributed by atoms with Gasteiger partial charge in [-0.25, -0.2) is 4.79 Å². The van der Waals surface area contributed by atoms with Gasteiger partial charge < -0.3 is 15.0 Å². The molecule has 0 fully saturated rings. The molecule has 0 atom stereocenters. The van der Waals surface area contributed by atoms with Crippen LogP contribution in [0, 0.1) is 0 Å². The summed E-state index contributed by atoms with van der Waals surface area (Å²) in [5.41, 5.74) is 3.36. The van der Waals surface area contributed by atoms with Crippen LogP contribution in [-0.4, -0.2) is 52.9 Å². The average Bonchev–Trinajstić information content (AvgIpc) is 2.92. The molecule has 1 aromatic carbocycles. The van der Waals surface area contributed by atoms with Crippen molar-refractivity contribution in [1.29, 1.82) is 0 Å². The molecule has 1 aliphatic heterocycles. The van der Waals surface area contributed by atoms with Gasteiger partial charge in [0.05, 0.1) is 24.5 Å². The summed E-state index contributed by atoms with van der Waals surface area (Å²) in [4.78, 5) is 15.7. The average molecular weight is 371 g/mol. The van der Waals surface area contributed by atoms with E-state index in [1.54, 1.807) is 14.1 Å². The third-order valence-corrected chi connectivity index (χ3v) is 4.59. The molecular formula is C20H29N5O2. The van der Waals surface area contributed by atoms with Gasteiger partial charge in [-0.2, -0.15) is 5.10 Å². The quantitative estimate of drug-likeness (QED) is 0.847. The summed E-state index contributed by atoms with van der Waals surface area (Å²) in [5, 5.41) is 7.53. The van der Waals surface area contributed by atoms with Crippen LogP contribution in [0.2, 0.25) is 0 Å². The molecule has 0 saturated carbocycles. The van der Waals surface area contributed by atoms with E-state index in [1.165, 1.54) is 16.2 Å². The summed E-state index contributed by atoms with van der Waals surface area (Å²) in [7, 11) is 3.46. The largest absolute Gasteiger partial charge is 0.494 e. The van der Waals surface area contributed by atoms with Crippen LogP contribution in [0.25, 0.3) is 0 Å². The smallest absolute Gasteiger partial charge is 0.317 e. The predicted octanol–water partition coefficient (Wildman–Crippen LogP) is 2.46. The van der Waals surface area contributed by atoms with Gasteiger partial charge in [0.15, 0.2) is 0 Å². The fourth-order valence-corrected chi connectivity index (χ4v) is 3.29. The Hall–Kier alpha value is -2.54. The third kappa shape index (κ3) is 5.23. The van der Waals surface area contributed by atoms with E-state index in [0.29, 0.717) is 13.2 Å². The van der Waals surface area contributed by atoms with Crippen molar-refractivity contribution in [2.45, 2.75) is 39.5 Å². The fraction of sp³-hybridized carbons (Fsp3) is 0.500. The topological polar surface area (TPSA) is 62.6 Å². The molecule has 0 aliphatic carbocycles. The van der Waals surface area contributed by atoms with E-state index in [2.05, 4.69) is 38.2 Å². The van der Waals surface area contributed by atoms with E-state index in [9.17, 15) is 4.79 Å². The van der Waals surface area contributed by atoms with Crippen molar-refractivity contribution >= 4 is 6.03 Å². The van der Waals surface area contributed by atoms with Crippen molar-refractivity contribution in [2.75, 3.05) is 27.2 Å². The van der Waals surface area contributed by atoms with Crippen LogP contribution < -0.4 is 10.1 Å². The molecule has 0 radical (unpaired) electrons. The minimum absolute atomic E-state index is 0.103. The molecule has 2 amide bonds. The maximum absolute atomic E-state index is 11.7. The molecule has 2 aromatic rings. The molecule has 0 bridgehead atoms. The van der Waals surface area contributed by atoms with Gasteiger partial charge >= 0.3 is 6.03 Å². The molecule has 7 nitrogen and oxygen atoms in total. The molecule has 3 rings (SSSR count). The van der Waals surface area contributed by atoms with Crippen LogP contribution in [0.5, 0.6) is 5.75 Å². The highest BCUT2D eigenvalue weighted by Gasteiger charge is 2.17. The Bertz CT molecular complexity index is 771. The Kier molecular flexibility index (Phi) is 6.34. The van der Waals surface area contributed by atoms with E-state index in [0.717, 1.165) is 44.0 Å². The highest BCUT2D eigenvalue weighted by molar-refractivity contribution is 5.73. The summed E-state index contributed by atoms with van der Waals surface area (Å²) >= 11 is 0. The SMILES string of the molecule is CCOc1cccc(CN2CCCn3nc(CNC(=O)N(C)C)cc3C2)c1. The Morgan fingerprint density at radius 3 is 2.93 bits per heavy atom. The second kappa shape index (κ2) is 8.90. The van der Waals surface area contributed by atoms with E-state index in [4.69, 9.17) is 4.74 Å². The number of amides is 2. The van der Waals surface area contributed by atoms with Gasteiger partial charge in [0.1, 0.15) is 5.75 Å². The van der Waals surface area contributed by atoms with E-state index in [-0.39, 0.29) is 6.03 Å². The first kappa shape index (κ1) is 19.2. The summed E-state index contributed by atoms with van der Waals surface area (Å²) in [5.74, 6) is 0.925. The van der Waals surface area contributed by atoms with Gasteiger partial charge in [-0.3, -0.25) is 9.58 Å². The highest BCUT2D eigenvalue weighted by atomic mass is 16.5. The molecule has 1 N–H and O–H groups in total. The maximum atomic E-state index is 11.7. The number of nitrogens with one attached hydrogen (secondary N) is 1. The maximum Gasteiger partial charge on any atom is 0.317 e. The number of fused-ring (bicyclic) bond motifs is 1. The number of urea groups is 1. The molecule has 1 aliphatic rings. The monoisotopic (exact) mass is 371 g/mol. The van der Waals surface area contributed by atoms with Crippen LogP contribution >= 0.6 is 0 Å². The lowest BCUT2D eigenvalue weighted by molar-refractivity contribution is 0.217. The lowest BCUT2D eigenvalue weighted by atomic mass is 10.2. The summed E-state index contributed by atoms with van der Waals surface area (Å²) in [6, 6.07) is 10.3. The zero-order valence-corrected chi connectivity index (χ0v) is 16.4. The van der Waals surface area contributed by atoms with Crippen LogP contribution in [0.15, 0.2) is 30.3 Å². The molecule has 0 unspecified atom stereocenters. The molecule has 2 heterocycles. The van der Waals surface area contributed by atoms with E-state index < -0.39 is 0 Å². The second-order valence-corrected chi connectivity index (χ2v) is 7.05. The molecular weight excluding hydrogens is 342 g/mol.